The summed E-state index contributed by atoms with van der Waals surface area (Å²) in [7, 11) is 1.65. The molecule has 132 valence electrons. The minimum absolute atomic E-state index is 0.0505. The fourth-order valence-electron chi connectivity index (χ4n) is 3.18. The summed E-state index contributed by atoms with van der Waals surface area (Å²) in [6.07, 6.45) is 4.82. The zero-order valence-corrected chi connectivity index (χ0v) is 14.9. The van der Waals surface area contributed by atoms with Gasteiger partial charge < -0.3 is 19.7 Å². The van der Waals surface area contributed by atoms with Crippen molar-refractivity contribution in [2.75, 3.05) is 32.1 Å². The number of carbonyl (C=O) groups excluding carboxylic acids is 1. The lowest BCUT2D eigenvalue weighted by atomic mass is 10.1. The van der Waals surface area contributed by atoms with Gasteiger partial charge in [-0.05, 0) is 63.1 Å². The van der Waals surface area contributed by atoms with E-state index in [1.807, 2.05) is 30.9 Å². The van der Waals surface area contributed by atoms with Gasteiger partial charge in [0.15, 0.2) is 0 Å². The SMILES string of the molecule is COc1cc(C)cc(NC(=O)N2CCCC(OCC3CC3)C2)c1C. The number of nitrogens with zero attached hydrogens (tertiary/aromatic N) is 1. The molecule has 1 aliphatic carbocycles. The Bertz CT molecular complexity index is 599. The van der Waals surface area contributed by atoms with E-state index in [9.17, 15) is 4.79 Å². The summed E-state index contributed by atoms with van der Waals surface area (Å²) < 4.78 is 11.4. The molecule has 0 spiro atoms. The number of hydrogen-bond donors (Lipinski definition) is 1. The second-order valence-electron chi connectivity index (χ2n) is 7.06. The molecule has 1 N–H and O–H groups in total. The molecule has 1 saturated heterocycles. The number of ether oxygens (including phenoxy) is 2. The third kappa shape index (κ3) is 4.20. The lowest BCUT2D eigenvalue weighted by Gasteiger charge is -2.33. The number of methoxy groups -OCH3 is 1. The second-order valence-corrected chi connectivity index (χ2v) is 7.06. The first kappa shape index (κ1) is 17.1. The summed E-state index contributed by atoms with van der Waals surface area (Å²) in [4.78, 5) is 14.5. The molecule has 1 saturated carbocycles. The summed E-state index contributed by atoms with van der Waals surface area (Å²) in [6.45, 7) is 6.29. The smallest absolute Gasteiger partial charge is 0.321 e. The predicted molar refractivity (Wildman–Crippen MR) is 94.8 cm³/mol. The molecule has 5 heteroatoms. The molecule has 0 radical (unpaired) electrons. The van der Waals surface area contributed by atoms with E-state index < -0.39 is 0 Å². The fourth-order valence-corrected chi connectivity index (χ4v) is 3.18. The van der Waals surface area contributed by atoms with E-state index in [4.69, 9.17) is 9.47 Å². The lowest BCUT2D eigenvalue weighted by molar-refractivity contribution is 0.00597. The van der Waals surface area contributed by atoms with Gasteiger partial charge >= 0.3 is 6.03 Å². The highest BCUT2D eigenvalue weighted by Gasteiger charge is 2.27. The van der Waals surface area contributed by atoms with Gasteiger partial charge in [0.2, 0.25) is 0 Å². The van der Waals surface area contributed by atoms with E-state index in [-0.39, 0.29) is 12.1 Å². The number of carbonyl (C=O) groups is 1. The van der Waals surface area contributed by atoms with Crippen LogP contribution in [0.25, 0.3) is 0 Å². The number of aryl methyl sites for hydroxylation is 1. The van der Waals surface area contributed by atoms with Crippen molar-refractivity contribution in [3.63, 3.8) is 0 Å². The van der Waals surface area contributed by atoms with E-state index in [0.717, 1.165) is 54.5 Å². The number of nitrogens with one attached hydrogen (secondary N) is 1. The Labute approximate surface area is 144 Å². The Kier molecular flexibility index (Phi) is 5.29. The second kappa shape index (κ2) is 7.43. The van der Waals surface area contributed by atoms with Crippen LogP contribution in [0.3, 0.4) is 0 Å². The first-order valence-corrected chi connectivity index (χ1v) is 8.89. The summed E-state index contributed by atoms with van der Waals surface area (Å²) in [5.74, 6) is 1.56. The van der Waals surface area contributed by atoms with Crippen molar-refractivity contribution in [2.24, 2.45) is 5.92 Å². The van der Waals surface area contributed by atoms with Crippen LogP contribution in [0, 0.1) is 19.8 Å². The Morgan fingerprint density at radius 2 is 2.08 bits per heavy atom. The quantitative estimate of drug-likeness (QED) is 0.894. The molecule has 1 aromatic rings. The van der Waals surface area contributed by atoms with Crippen molar-refractivity contribution >= 4 is 11.7 Å². The van der Waals surface area contributed by atoms with Crippen molar-refractivity contribution in [2.45, 2.75) is 45.6 Å². The van der Waals surface area contributed by atoms with E-state index in [0.29, 0.717) is 6.54 Å². The molecule has 5 nitrogen and oxygen atoms in total. The van der Waals surface area contributed by atoms with Crippen LogP contribution >= 0.6 is 0 Å². The number of piperidine rings is 1. The molecule has 0 aromatic heterocycles. The van der Waals surface area contributed by atoms with Gasteiger partial charge in [0.05, 0.1) is 13.2 Å². The van der Waals surface area contributed by atoms with Gasteiger partial charge in [-0.3, -0.25) is 0 Å². The number of benzene rings is 1. The first-order valence-electron chi connectivity index (χ1n) is 8.89. The van der Waals surface area contributed by atoms with Crippen LogP contribution in [0.15, 0.2) is 12.1 Å². The average Bonchev–Trinajstić information content (AvgIpc) is 3.40. The number of hydrogen-bond acceptors (Lipinski definition) is 3. The number of anilines is 1. The Balaban J connectivity index is 1.60. The van der Waals surface area contributed by atoms with Crippen LogP contribution in [-0.2, 0) is 4.74 Å². The molecule has 1 atom stereocenters. The molecule has 2 aliphatic rings. The number of likely N-dealkylation sites (tertiary alicyclic amines) is 1. The minimum Gasteiger partial charge on any atom is -0.496 e. The van der Waals surface area contributed by atoms with Gasteiger partial charge in [0.1, 0.15) is 5.75 Å². The predicted octanol–water partition coefficient (Wildman–Crippen LogP) is 3.73. The van der Waals surface area contributed by atoms with Crippen molar-refractivity contribution in [1.82, 2.24) is 4.90 Å². The fraction of sp³-hybridized carbons (Fsp3) is 0.632. The van der Waals surface area contributed by atoms with E-state index in [1.165, 1.54) is 12.8 Å². The number of urea groups is 1. The van der Waals surface area contributed by atoms with E-state index in [2.05, 4.69) is 5.32 Å². The Hall–Kier alpha value is -1.75. The standard InChI is InChI=1S/C19H28N2O3/c1-13-9-17(14(2)18(10-13)23-3)20-19(22)21-8-4-5-16(11-21)24-12-15-6-7-15/h9-10,15-16H,4-8,11-12H2,1-3H3,(H,20,22). The maximum Gasteiger partial charge on any atom is 0.321 e. The Morgan fingerprint density at radius 3 is 2.79 bits per heavy atom. The number of amides is 2. The molecule has 1 unspecified atom stereocenters. The maximum atomic E-state index is 12.6. The van der Waals surface area contributed by atoms with Crippen molar-refractivity contribution in [3.8, 4) is 5.75 Å². The van der Waals surface area contributed by atoms with Crippen molar-refractivity contribution in [3.05, 3.63) is 23.3 Å². The first-order chi connectivity index (χ1) is 11.6. The molecule has 1 aromatic carbocycles. The average molecular weight is 332 g/mol. The normalized spacial score (nSPS) is 20.8. The molecule has 1 aliphatic heterocycles. The summed E-state index contributed by atoms with van der Waals surface area (Å²) in [6, 6.07) is 3.92. The molecule has 3 rings (SSSR count). The third-order valence-electron chi connectivity index (χ3n) is 4.90. The largest absolute Gasteiger partial charge is 0.496 e. The highest BCUT2D eigenvalue weighted by atomic mass is 16.5. The van der Waals surface area contributed by atoms with Crippen LogP contribution in [0.2, 0.25) is 0 Å². The molecular weight excluding hydrogens is 304 g/mol. The monoisotopic (exact) mass is 332 g/mol. The molecule has 24 heavy (non-hydrogen) atoms. The lowest BCUT2D eigenvalue weighted by Crippen LogP contribution is -2.45. The van der Waals surface area contributed by atoms with Gasteiger partial charge in [-0.2, -0.15) is 0 Å². The maximum absolute atomic E-state index is 12.6. The zero-order chi connectivity index (χ0) is 17.1. The molecule has 0 bridgehead atoms. The third-order valence-corrected chi connectivity index (χ3v) is 4.90. The van der Waals surface area contributed by atoms with Crippen molar-refractivity contribution < 1.29 is 14.3 Å². The molecule has 2 fully saturated rings. The van der Waals surface area contributed by atoms with Crippen LogP contribution in [0.1, 0.15) is 36.8 Å². The van der Waals surface area contributed by atoms with Gasteiger partial charge in [0.25, 0.3) is 0 Å². The minimum atomic E-state index is -0.0505. The van der Waals surface area contributed by atoms with E-state index in [1.54, 1.807) is 7.11 Å². The van der Waals surface area contributed by atoms with Crippen LogP contribution in [0.4, 0.5) is 10.5 Å². The molecule has 2 amide bonds. The zero-order valence-electron chi connectivity index (χ0n) is 14.9. The molecular formula is C19H28N2O3. The van der Waals surface area contributed by atoms with Gasteiger partial charge in [-0.15, -0.1) is 0 Å². The summed E-state index contributed by atoms with van der Waals surface area (Å²) >= 11 is 0. The highest BCUT2D eigenvalue weighted by Crippen LogP contribution is 2.30. The van der Waals surface area contributed by atoms with Gasteiger partial charge in [-0.25, -0.2) is 4.79 Å². The van der Waals surface area contributed by atoms with Crippen molar-refractivity contribution in [1.29, 1.82) is 0 Å². The summed E-state index contributed by atoms with van der Waals surface area (Å²) in [5.41, 5.74) is 2.84. The molecule has 1 heterocycles. The van der Waals surface area contributed by atoms with Gasteiger partial charge in [-0.1, -0.05) is 0 Å². The van der Waals surface area contributed by atoms with E-state index >= 15 is 0 Å². The Morgan fingerprint density at radius 1 is 1.29 bits per heavy atom. The van der Waals surface area contributed by atoms with Gasteiger partial charge in [0, 0.05) is 30.9 Å². The topological polar surface area (TPSA) is 50.8 Å². The van der Waals surface area contributed by atoms with Crippen LogP contribution < -0.4 is 10.1 Å². The highest BCUT2D eigenvalue weighted by molar-refractivity contribution is 5.90. The van der Waals surface area contributed by atoms with Crippen LogP contribution in [-0.4, -0.2) is 43.8 Å². The summed E-state index contributed by atoms with van der Waals surface area (Å²) in [5, 5.41) is 3.04. The van der Waals surface area contributed by atoms with Crippen LogP contribution in [0.5, 0.6) is 5.75 Å². The number of rotatable bonds is 5.